The van der Waals surface area contributed by atoms with Gasteiger partial charge in [0.2, 0.25) is 23.6 Å². The zero-order valence-electron chi connectivity index (χ0n) is 26.3. The summed E-state index contributed by atoms with van der Waals surface area (Å²) in [7, 11) is 0. The summed E-state index contributed by atoms with van der Waals surface area (Å²) in [6.07, 6.45) is -0.0985. The van der Waals surface area contributed by atoms with E-state index < -0.39 is 65.7 Å². The Bertz CT molecular complexity index is 1600. The Balaban J connectivity index is 1.64. The molecule has 0 saturated carbocycles. The molecule has 14 heteroatoms. The summed E-state index contributed by atoms with van der Waals surface area (Å²) in [6.45, 7) is 4.81. The van der Waals surface area contributed by atoms with Crippen LogP contribution in [0.15, 0.2) is 59.1 Å². The van der Waals surface area contributed by atoms with Crippen LogP contribution in [0.25, 0.3) is 0 Å². The second-order valence-electron chi connectivity index (χ2n) is 11.8. The molecule has 5 amide bonds. The summed E-state index contributed by atoms with van der Waals surface area (Å²) in [5.41, 5.74) is 0.439. The lowest BCUT2D eigenvalue weighted by Crippen LogP contribution is -2.57. The van der Waals surface area contributed by atoms with Crippen molar-refractivity contribution in [3.8, 4) is 0 Å². The summed E-state index contributed by atoms with van der Waals surface area (Å²) < 4.78 is 33.5. The highest BCUT2D eigenvalue weighted by atomic mass is 19.2. The van der Waals surface area contributed by atoms with Gasteiger partial charge in [-0.2, -0.15) is 0 Å². The predicted molar refractivity (Wildman–Crippen MR) is 165 cm³/mol. The van der Waals surface area contributed by atoms with E-state index in [1.54, 1.807) is 24.3 Å². The maximum Gasteiger partial charge on any atom is 0.274 e. The number of benzene rings is 2. The van der Waals surface area contributed by atoms with Crippen LogP contribution in [-0.2, 0) is 38.6 Å². The number of nitrogens with one attached hydrogen (secondary N) is 4. The van der Waals surface area contributed by atoms with Gasteiger partial charge < -0.3 is 30.7 Å². The van der Waals surface area contributed by atoms with Crippen molar-refractivity contribution in [1.82, 2.24) is 31.3 Å². The fraction of sp³-hybridized carbons (Fsp3) is 0.394. The van der Waals surface area contributed by atoms with E-state index >= 15 is 0 Å². The molecule has 250 valence electrons. The highest BCUT2D eigenvalue weighted by Gasteiger charge is 2.30. The molecule has 2 aromatic carbocycles. The summed E-state index contributed by atoms with van der Waals surface area (Å²) >= 11 is 0. The van der Waals surface area contributed by atoms with Gasteiger partial charge in [0.1, 0.15) is 18.1 Å². The first-order valence-corrected chi connectivity index (χ1v) is 15.3. The third kappa shape index (κ3) is 9.67. The minimum Gasteiger partial charge on any atom is -0.359 e. The zero-order valence-corrected chi connectivity index (χ0v) is 26.3. The molecular formula is C33H38F2N6O6. The van der Waals surface area contributed by atoms with Crippen molar-refractivity contribution in [2.45, 2.75) is 64.7 Å². The van der Waals surface area contributed by atoms with Crippen molar-refractivity contribution in [3.05, 3.63) is 88.8 Å². The first-order valence-electron chi connectivity index (χ1n) is 15.3. The molecule has 2 bridgehead atoms. The molecule has 1 aliphatic heterocycles. The quantitative estimate of drug-likeness (QED) is 0.317. The summed E-state index contributed by atoms with van der Waals surface area (Å²) in [4.78, 5) is 67.6. The summed E-state index contributed by atoms with van der Waals surface area (Å²) in [6, 6.07) is 10.7. The van der Waals surface area contributed by atoms with E-state index in [1.165, 1.54) is 30.0 Å². The molecule has 0 fully saturated rings. The average Bonchev–Trinajstić information content (AvgIpc) is 3.50. The molecule has 0 spiro atoms. The van der Waals surface area contributed by atoms with E-state index in [-0.39, 0.29) is 55.4 Å². The second-order valence-corrected chi connectivity index (χ2v) is 11.8. The second kappa shape index (κ2) is 15.9. The summed E-state index contributed by atoms with van der Waals surface area (Å²) in [5, 5.41) is 14.5. The predicted octanol–water partition coefficient (Wildman–Crippen LogP) is 2.03. The minimum absolute atomic E-state index is 0.00636. The van der Waals surface area contributed by atoms with Gasteiger partial charge in [0.05, 0.1) is 13.0 Å². The molecule has 4 N–H and O–H groups in total. The van der Waals surface area contributed by atoms with Gasteiger partial charge in [-0.25, -0.2) is 8.78 Å². The van der Waals surface area contributed by atoms with Gasteiger partial charge in [-0.05, 0) is 30.9 Å². The largest absolute Gasteiger partial charge is 0.359 e. The van der Waals surface area contributed by atoms with Crippen LogP contribution in [0, 0.1) is 17.6 Å². The van der Waals surface area contributed by atoms with E-state index in [1.807, 2.05) is 19.9 Å². The van der Waals surface area contributed by atoms with Gasteiger partial charge >= 0.3 is 0 Å². The van der Waals surface area contributed by atoms with Gasteiger partial charge in [0.25, 0.3) is 5.91 Å². The van der Waals surface area contributed by atoms with E-state index in [0.29, 0.717) is 0 Å². The molecule has 4 rings (SSSR count). The molecule has 2 heterocycles. The maximum atomic E-state index is 14.4. The molecule has 0 unspecified atom stereocenters. The molecule has 1 aliphatic rings. The first-order chi connectivity index (χ1) is 22.4. The van der Waals surface area contributed by atoms with Crippen LogP contribution in [0.1, 0.15) is 54.6 Å². The van der Waals surface area contributed by atoms with Crippen LogP contribution in [0.5, 0.6) is 0 Å². The van der Waals surface area contributed by atoms with E-state index in [2.05, 4.69) is 26.4 Å². The molecule has 0 radical (unpaired) electrons. The lowest BCUT2D eigenvalue weighted by atomic mass is 10.0. The Morgan fingerprint density at radius 3 is 2.40 bits per heavy atom. The molecule has 3 atom stereocenters. The normalized spacial score (nSPS) is 20.0. The summed E-state index contributed by atoms with van der Waals surface area (Å²) in [5.74, 6) is -5.26. The van der Waals surface area contributed by atoms with Gasteiger partial charge in [0, 0.05) is 31.1 Å². The number of amides is 5. The van der Waals surface area contributed by atoms with Gasteiger partial charge in [-0.1, -0.05) is 61.5 Å². The Labute approximate surface area is 270 Å². The number of hydrogen-bond acceptors (Lipinski definition) is 7. The molecule has 3 aromatic rings. The van der Waals surface area contributed by atoms with Crippen LogP contribution in [-0.4, -0.2) is 70.8 Å². The van der Waals surface area contributed by atoms with Crippen molar-refractivity contribution < 1.29 is 37.3 Å². The van der Waals surface area contributed by atoms with Crippen molar-refractivity contribution in [2.75, 3.05) is 13.1 Å². The highest BCUT2D eigenvalue weighted by Crippen LogP contribution is 2.15. The van der Waals surface area contributed by atoms with Crippen molar-refractivity contribution in [3.63, 3.8) is 0 Å². The third-order valence-electron chi connectivity index (χ3n) is 7.54. The fourth-order valence-electron chi connectivity index (χ4n) is 5.04. The fourth-order valence-corrected chi connectivity index (χ4v) is 5.04. The third-order valence-corrected chi connectivity index (χ3v) is 7.54. The van der Waals surface area contributed by atoms with Crippen molar-refractivity contribution in [1.29, 1.82) is 0 Å². The Morgan fingerprint density at radius 2 is 1.68 bits per heavy atom. The molecule has 1 aromatic heterocycles. The Morgan fingerprint density at radius 1 is 0.957 bits per heavy atom. The van der Waals surface area contributed by atoms with Crippen LogP contribution in [0.4, 0.5) is 8.78 Å². The van der Waals surface area contributed by atoms with Gasteiger partial charge in [-0.3, -0.25) is 24.0 Å². The minimum atomic E-state index is -1.15. The van der Waals surface area contributed by atoms with E-state index in [0.717, 1.165) is 11.6 Å². The molecule has 0 saturated heterocycles. The number of aromatic nitrogens is 1. The van der Waals surface area contributed by atoms with Gasteiger partial charge in [0.15, 0.2) is 23.1 Å². The topological polar surface area (TPSA) is 163 Å². The Hall–Kier alpha value is -5.14. The van der Waals surface area contributed by atoms with Crippen LogP contribution in [0.3, 0.4) is 0 Å². The number of halogens is 2. The zero-order chi connectivity index (χ0) is 34.1. The van der Waals surface area contributed by atoms with Gasteiger partial charge in [-0.15, -0.1) is 0 Å². The molecule has 12 nitrogen and oxygen atoms in total. The van der Waals surface area contributed by atoms with Crippen molar-refractivity contribution >= 4 is 29.5 Å². The number of rotatable bonds is 6. The number of fused-ring (bicyclic) bond motifs is 2. The lowest BCUT2D eigenvalue weighted by molar-refractivity contribution is -0.133. The van der Waals surface area contributed by atoms with Crippen LogP contribution >= 0.6 is 0 Å². The lowest BCUT2D eigenvalue weighted by Gasteiger charge is -2.26. The first kappa shape index (κ1) is 34.7. The number of hydrogen-bond donors (Lipinski definition) is 4. The molecular weight excluding hydrogens is 614 g/mol. The number of carbonyl (C=O) groups is 5. The number of carbonyl (C=O) groups excluding carboxylic acids is 5. The van der Waals surface area contributed by atoms with Crippen molar-refractivity contribution in [2.24, 2.45) is 5.92 Å². The van der Waals surface area contributed by atoms with E-state index in [4.69, 9.17) is 4.52 Å². The van der Waals surface area contributed by atoms with Crippen LogP contribution < -0.4 is 21.3 Å². The molecule has 0 aliphatic carbocycles. The monoisotopic (exact) mass is 652 g/mol. The average molecular weight is 653 g/mol. The highest BCUT2D eigenvalue weighted by molar-refractivity contribution is 5.97. The number of nitrogens with zero attached hydrogens (tertiary/aromatic N) is 2. The maximum absolute atomic E-state index is 14.4. The Kier molecular flexibility index (Phi) is 11.8. The van der Waals surface area contributed by atoms with E-state index in [9.17, 15) is 32.8 Å². The van der Waals surface area contributed by atoms with Crippen LogP contribution in [0.2, 0.25) is 0 Å². The SMILES string of the molecule is CC(C)C[C@H]1NC(=O)[C@@H](C)NC(=O)c2cc(on2)CN(C(=O)Cc2cccc(F)c2F)CCNC(=O)[C@@H](Cc2ccccc2)NC1=O. The molecule has 47 heavy (non-hydrogen) atoms. The standard InChI is InChI=1S/C33H38F2N6O6/c1-19(2)14-25-32(45)39-26(15-21-8-5-4-6-9-21)31(44)36-12-13-41(28(42)16-22-10-7-11-24(34)29(22)35)18-23-17-27(40-47-23)33(46)37-20(3)30(43)38-25/h4-11,17,19-20,25-26H,12-16,18H2,1-3H3,(H,36,44)(H,37,46)(H,38,43)(H,39,45)/t20-,25-,26-/m1/s1. The smallest absolute Gasteiger partial charge is 0.274 e.